The van der Waals surface area contributed by atoms with Gasteiger partial charge >= 0.3 is 18.2 Å². The van der Waals surface area contributed by atoms with Gasteiger partial charge in [-0.1, -0.05) is 0 Å². The molecule has 2 heterocycles. The zero-order valence-electron chi connectivity index (χ0n) is 15.1. The lowest BCUT2D eigenvalue weighted by molar-refractivity contribution is -0.149. The summed E-state index contributed by atoms with van der Waals surface area (Å²) < 4.78 is 36.8. The van der Waals surface area contributed by atoms with Crippen molar-refractivity contribution in [3.8, 4) is 0 Å². The van der Waals surface area contributed by atoms with E-state index in [-0.39, 0.29) is 31.0 Å². The fourth-order valence-electron chi connectivity index (χ4n) is 3.66. The number of piperidine rings is 2. The van der Waals surface area contributed by atoms with Crippen molar-refractivity contribution in [3.05, 3.63) is 0 Å². The molecule has 0 bridgehead atoms. The molecule has 27 heavy (non-hydrogen) atoms. The molecule has 0 aromatic heterocycles. The van der Waals surface area contributed by atoms with Gasteiger partial charge in [-0.05, 0) is 31.6 Å². The molecular formula is C17H26F3N3O4. The van der Waals surface area contributed by atoms with Gasteiger partial charge in [0.25, 0.3) is 0 Å². The van der Waals surface area contributed by atoms with Crippen molar-refractivity contribution in [1.29, 1.82) is 0 Å². The molecule has 2 aliphatic rings. The average molecular weight is 393 g/mol. The van der Waals surface area contributed by atoms with Gasteiger partial charge in [-0.25, -0.2) is 4.79 Å². The highest BCUT2D eigenvalue weighted by Crippen LogP contribution is 2.23. The highest BCUT2D eigenvalue weighted by atomic mass is 19.4. The number of halogens is 3. The van der Waals surface area contributed by atoms with Crippen LogP contribution in [0.25, 0.3) is 0 Å². The number of alkyl halides is 3. The summed E-state index contributed by atoms with van der Waals surface area (Å²) in [6, 6.07) is -0.611. The van der Waals surface area contributed by atoms with Crippen LogP contribution in [0.3, 0.4) is 0 Å². The number of urea groups is 1. The number of carboxylic acids is 1. The SMILES string of the molecule is O=C(O)CC1CCCN(C(=O)N[C@@H]2CCCN(C(=O)CCC(F)(F)F)C2)C1. The molecule has 0 aromatic carbocycles. The number of carbonyl (C=O) groups is 3. The Morgan fingerprint density at radius 3 is 2.37 bits per heavy atom. The van der Waals surface area contributed by atoms with E-state index in [1.54, 1.807) is 4.90 Å². The molecule has 2 rings (SSSR count). The Labute approximate surface area is 155 Å². The van der Waals surface area contributed by atoms with Gasteiger partial charge < -0.3 is 20.2 Å². The van der Waals surface area contributed by atoms with E-state index < -0.39 is 30.9 Å². The summed E-state index contributed by atoms with van der Waals surface area (Å²) >= 11 is 0. The predicted molar refractivity (Wildman–Crippen MR) is 90.0 cm³/mol. The van der Waals surface area contributed by atoms with Gasteiger partial charge in [-0.15, -0.1) is 0 Å². The molecule has 2 fully saturated rings. The second-order valence-corrected chi connectivity index (χ2v) is 7.30. The average Bonchev–Trinajstić information content (AvgIpc) is 2.59. The van der Waals surface area contributed by atoms with Crippen LogP contribution in [0.4, 0.5) is 18.0 Å². The van der Waals surface area contributed by atoms with Gasteiger partial charge in [-0.3, -0.25) is 9.59 Å². The molecule has 0 aliphatic carbocycles. The van der Waals surface area contributed by atoms with E-state index >= 15 is 0 Å². The van der Waals surface area contributed by atoms with Crippen molar-refractivity contribution in [2.45, 2.75) is 57.2 Å². The number of hydrogen-bond donors (Lipinski definition) is 2. The Morgan fingerprint density at radius 2 is 1.70 bits per heavy atom. The third-order valence-corrected chi connectivity index (χ3v) is 4.99. The molecule has 0 spiro atoms. The highest BCUT2D eigenvalue weighted by molar-refractivity contribution is 5.77. The van der Waals surface area contributed by atoms with E-state index in [2.05, 4.69) is 5.32 Å². The Hall–Kier alpha value is -2.00. The fraction of sp³-hybridized carbons (Fsp3) is 0.824. The minimum absolute atomic E-state index is 0.0225. The van der Waals surface area contributed by atoms with Crippen LogP contribution in [0, 0.1) is 5.92 Å². The Morgan fingerprint density at radius 1 is 1.04 bits per heavy atom. The molecule has 7 nitrogen and oxygen atoms in total. The summed E-state index contributed by atoms with van der Waals surface area (Å²) in [7, 11) is 0. The van der Waals surface area contributed by atoms with E-state index in [9.17, 15) is 27.6 Å². The van der Waals surface area contributed by atoms with Crippen LogP contribution in [0.15, 0.2) is 0 Å². The topological polar surface area (TPSA) is 89.9 Å². The summed E-state index contributed by atoms with van der Waals surface area (Å²) in [4.78, 5) is 38.2. The van der Waals surface area contributed by atoms with Crippen LogP contribution in [0.2, 0.25) is 0 Å². The first-order valence-electron chi connectivity index (χ1n) is 9.26. The largest absolute Gasteiger partial charge is 0.481 e. The van der Waals surface area contributed by atoms with Crippen molar-refractivity contribution in [2.75, 3.05) is 26.2 Å². The summed E-state index contributed by atoms with van der Waals surface area (Å²) in [5.74, 6) is -1.51. The molecule has 3 amide bonds. The fourth-order valence-corrected chi connectivity index (χ4v) is 3.66. The summed E-state index contributed by atoms with van der Waals surface area (Å²) in [6.07, 6.45) is -3.29. The van der Waals surface area contributed by atoms with Crippen molar-refractivity contribution >= 4 is 17.9 Å². The Kier molecular flexibility index (Phi) is 7.32. The minimum Gasteiger partial charge on any atom is -0.481 e. The highest BCUT2D eigenvalue weighted by Gasteiger charge is 2.32. The lowest BCUT2D eigenvalue weighted by Gasteiger charge is -2.36. The standard InChI is InChI=1S/C17H26F3N3O4/c18-17(19,20)6-5-14(24)22-7-2-4-13(11-22)21-16(27)23-8-1-3-12(10-23)9-15(25)26/h12-13H,1-11H2,(H,21,27)(H,25,26)/t12?,13-/m1/s1. The zero-order valence-corrected chi connectivity index (χ0v) is 15.1. The molecule has 2 saturated heterocycles. The van der Waals surface area contributed by atoms with Crippen LogP contribution in [-0.2, 0) is 9.59 Å². The minimum atomic E-state index is -4.36. The molecule has 0 aromatic rings. The smallest absolute Gasteiger partial charge is 0.389 e. The van der Waals surface area contributed by atoms with Gasteiger partial charge in [0, 0.05) is 45.1 Å². The van der Waals surface area contributed by atoms with Crippen LogP contribution < -0.4 is 5.32 Å². The zero-order chi connectivity index (χ0) is 20.0. The summed E-state index contributed by atoms with van der Waals surface area (Å²) in [5.41, 5.74) is 0. The first-order valence-corrected chi connectivity index (χ1v) is 9.26. The second kappa shape index (κ2) is 9.27. The van der Waals surface area contributed by atoms with E-state index in [4.69, 9.17) is 5.11 Å². The number of carboxylic acid groups (broad SMARTS) is 1. The number of amides is 3. The first-order chi connectivity index (χ1) is 12.6. The molecule has 0 radical (unpaired) electrons. The summed E-state index contributed by atoms with van der Waals surface area (Å²) in [5, 5.41) is 11.7. The van der Waals surface area contributed by atoms with E-state index in [1.807, 2.05) is 0 Å². The third-order valence-electron chi connectivity index (χ3n) is 4.99. The van der Waals surface area contributed by atoms with Crippen LogP contribution in [-0.4, -0.2) is 71.2 Å². The van der Waals surface area contributed by atoms with Crippen molar-refractivity contribution < 1.29 is 32.7 Å². The Balaban J connectivity index is 1.81. The Bertz CT molecular complexity index is 556. The first kappa shape index (κ1) is 21.3. The number of nitrogens with one attached hydrogen (secondary N) is 1. The van der Waals surface area contributed by atoms with Gasteiger partial charge in [0.15, 0.2) is 0 Å². The lowest BCUT2D eigenvalue weighted by atomic mass is 9.95. The molecule has 2 atom stereocenters. The van der Waals surface area contributed by atoms with Crippen molar-refractivity contribution in [1.82, 2.24) is 15.1 Å². The number of carbonyl (C=O) groups excluding carboxylic acids is 2. The number of hydrogen-bond acceptors (Lipinski definition) is 3. The molecule has 0 saturated carbocycles. The maximum absolute atomic E-state index is 12.4. The molecular weight excluding hydrogens is 367 g/mol. The van der Waals surface area contributed by atoms with Gasteiger partial charge in [0.1, 0.15) is 0 Å². The number of nitrogens with zero attached hydrogens (tertiary/aromatic N) is 2. The van der Waals surface area contributed by atoms with Crippen LogP contribution in [0.5, 0.6) is 0 Å². The van der Waals surface area contributed by atoms with E-state index in [1.165, 1.54) is 4.90 Å². The monoisotopic (exact) mass is 393 g/mol. The quantitative estimate of drug-likeness (QED) is 0.750. The maximum atomic E-state index is 12.4. The maximum Gasteiger partial charge on any atom is 0.389 e. The van der Waals surface area contributed by atoms with Gasteiger partial charge in [0.2, 0.25) is 5.91 Å². The lowest BCUT2D eigenvalue weighted by Crippen LogP contribution is -2.54. The van der Waals surface area contributed by atoms with Crippen molar-refractivity contribution in [3.63, 3.8) is 0 Å². The second-order valence-electron chi connectivity index (χ2n) is 7.30. The normalized spacial score (nSPS) is 23.8. The molecule has 1 unspecified atom stereocenters. The van der Waals surface area contributed by atoms with Gasteiger partial charge in [-0.2, -0.15) is 13.2 Å². The number of rotatable bonds is 5. The van der Waals surface area contributed by atoms with E-state index in [0.717, 1.165) is 12.8 Å². The van der Waals surface area contributed by atoms with Crippen LogP contribution >= 0.6 is 0 Å². The molecule has 2 N–H and O–H groups in total. The van der Waals surface area contributed by atoms with Crippen LogP contribution in [0.1, 0.15) is 44.9 Å². The van der Waals surface area contributed by atoms with Crippen molar-refractivity contribution in [2.24, 2.45) is 5.92 Å². The third kappa shape index (κ3) is 7.26. The predicted octanol–water partition coefficient (Wildman–Crippen LogP) is 2.22. The molecule has 2 aliphatic heterocycles. The van der Waals surface area contributed by atoms with E-state index in [0.29, 0.717) is 32.5 Å². The molecule has 154 valence electrons. The van der Waals surface area contributed by atoms with Gasteiger partial charge in [0.05, 0.1) is 6.42 Å². The molecule has 10 heteroatoms. The summed E-state index contributed by atoms with van der Waals surface area (Å²) in [6.45, 7) is 1.52. The number of likely N-dealkylation sites (tertiary alicyclic amines) is 2. The number of aliphatic carboxylic acids is 1.